The van der Waals surface area contributed by atoms with Crippen LogP contribution >= 0.6 is 0 Å². The van der Waals surface area contributed by atoms with Crippen LogP contribution in [0.2, 0.25) is 0 Å². The number of anilines is 1. The van der Waals surface area contributed by atoms with Gasteiger partial charge in [-0.25, -0.2) is 0 Å². The topological polar surface area (TPSA) is 33.7 Å². The van der Waals surface area contributed by atoms with Crippen molar-refractivity contribution in [2.75, 3.05) is 52.3 Å². The van der Waals surface area contributed by atoms with Gasteiger partial charge in [0, 0.05) is 24.2 Å². The molecule has 0 unspecified atom stereocenters. The van der Waals surface area contributed by atoms with Crippen LogP contribution < -0.4 is 10.1 Å². The van der Waals surface area contributed by atoms with Crippen LogP contribution in [0.15, 0.2) is 24.3 Å². The Bertz CT molecular complexity index is 386. The molecule has 1 N–H and O–H groups in total. The molecular weight excluding hydrogens is 240 g/mol. The molecule has 106 valence electrons. The third kappa shape index (κ3) is 4.40. The number of hydrogen-bond acceptors (Lipinski definition) is 4. The maximum absolute atomic E-state index is 5.66. The van der Waals surface area contributed by atoms with Gasteiger partial charge < -0.3 is 19.7 Å². The summed E-state index contributed by atoms with van der Waals surface area (Å²) >= 11 is 0. The van der Waals surface area contributed by atoms with E-state index in [1.54, 1.807) is 0 Å². The van der Waals surface area contributed by atoms with Gasteiger partial charge in [0.1, 0.15) is 12.4 Å². The fourth-order valence-corrected chi connectivity index (χ4v) is 1.88. The average molecular weight is 264 g/mol. The van der Waals surface area contributed by atoms with E-state index in [2.05, 4.69) is 29.3 Å². The predicted molar refractivity (Wildman–Crippen MR) is 77.9 cm³/mol. The molecule has 2 rings (SSSR count). The Kier molecular flexibility index (Phi) is 4.66. The van der Waals surface area contributed by atoms with Gasteiger partial charge in [0.25, 0.3) is 0 Å². The SMILES string of the molecule is CN(C)CCOc1ccc(NCC2(C)COC2)cc1. The quantitative estimate of drug-likeness (QED) is 0.817. The van der Waals surface area contributed by atoms with Crippen LogP contribution in [0.4, 0.5) is 5.69 Å². The molecule has 1 aromatic carbocycles. The third-order valence-corrected chi connectivity index (χ3v) is 3.28. The molecule has 0 radical (unpaired) electrons. The number of likely N-dealkylation sites (N-methyl/N-ethyl adjacent to an activating group) is 1. The number of nitrogens with one attached hydrogen (secondary N) is 1. The molecule has 4 heteroatoms. The average Bonchev–Trinajstić information content (AvgIpc) is 2.35. The van der Waals surface area contributed by atoms with Crippen LogP contribution in [0, 0.1) is 5.41 Å². The molecule has 0 amide bonds. The van der Waals surface area contributed by atoms with Crippen molar-refractivity contribution in [1.82, 2.24) is 4.90 Å². The summed E-state index contributed by atoms with van der Waals surface area (Å²) in [6, 6.07) is 8.15. The van der Waals surface area contributed by atoms with Crippen LogP contribution in [0.25, 0.3) is 0 Å². The zero-order valence-electron chi connectivity index (χ0n) is 12.1. The summed E-state index contributed by atoms with van der Waals surface area (Å²) in [4.78, 5) is 2.11. The molecule has 0 aromatic heterocycles. The smallest absolute Gasteiger partial charge is 0.119 e. The van der Waals surface area contributed by atoms with Gasteiger partial charge in [0.2, 0.25) is 0 Å². The van der Waals surface area contributed by atoms with Gasteiger partial charge in [-0.1, -0.05) is 6.92 Å². The molecule has 4 nitrogen and oxygen atoms in total. The molecule has 1 fully saturated rings. The predicted octanol–water partition coefficient (Wildman–Crippen LogP) is 2.08. The lowest BCUT2D eigenvalue weighted by atomic mass is 9.89. The zero-order valence-corrected chi connectivity index (χ0v) is 12.1. The summed E-state index contributed by atoms with van der Waals surface area (Å²) < 4.78 is 10.9. The van der Waals surface area contributed by atoms with Gasteiger partial charge in [0.15, 0.2) is 0 Å². The van der Waals surface area contributed by atoms with E-state index in [9.17, 15) is 0 Å². The van der Waals surface area contributed by atoms with E-state index < -0.39 is 0 Å². The highest BCUT2D eigenvalue weighted by atomic mass is 16.5. The lowest BCUT2D eigenvalue weighted by Gasteiger charge is -2.38. The molecule has 1 aliphatic heterocycles. The van der Waals surface area contributed by atoms with Gasteiger partial charge in [-0.2, -0.15) is 0 Å². The number of nitrogens with zero attached hydrogens (tertiary/aromatic N) is 1. The van der Waals surface area contributed by atoms with Crippen molar-refractivity contribution in [3.8, 4) is 5.75 Å². The largest absolute Gasteiger partial charge is 0.492 e. The second-order valence-electron chi connectivity index (χ2n) is 5.83. The standard InChI is InChI=1S/C15H24N2O2/c1-15(11-18-12-15)10-16-13-4-6-14(7-5-13)19-9-8-17(2)3/h4-7,16H,8-12H2,1-3H3. The normalized spacial score (nSPS) is 17.1. The number of benzene rings is 1. The molecule has 1 heterocycles. The Labute approximate surface area is 115 Å². The van der Waals surface area contributed by atoms with Crippen molar-refractivity contribution < 1.29 is 9.47 Å². The molecule has 0 atom stereocenters. The van der Waals surface area contributed by atoms with E-state index >= 15 is 0 Å². The van der Waals surface area contributed by atoms with Gasteiger partial charge in [-0.15, -0.1) is 0 Å². The zero-order chi connectivity index (χ0) is 13.7. The first-order chi connectivity index (χ1) is 9.07. The maximum Gasteiger partial charge on any atom is 0.119 e. The van der Waals surface area contributed by atoms with Crippen molar-refractivity contribution in [2.45, 2.75) is 6.92 Å². The first-order valence-electron chi connectivity index (χ1n) is 6.77. The van der Waals surface area contributed by atoms with E-state index in [0.29, 0.717) is 5.41 Å². The highest BCUT2D eigenvalue weighted by molar-refractivity contribution is 5.46. The molecule has 1 aliphatic rings. The summed E-state index contributed by atoms with van der Waals surface area (Å²) in [7, 11) is 4.09. The van der Waals surface area contributed by atoms with Gasteiger partial charge >= 0.3 is 0 Å². The first-order valence-corrected chi connectivity index (χ1v) is 6.77. The lowest BCUT2D eigenvalue weighted by Crippen LogP contribution is -2.45. The molecule has 1 aromatic rings. The third-order valence-electron chi connectivity index (χ3n) is 3.28. The second-order valence-corrected chi connectivity index (χ2v) is 5.83. The van der Waals surface area contributed by atoms with E-state index in [1.807, 2.05) is 26.2 Å². The summed E-state index contributed by atoms with van der Waals surface area (Å²) in [6.45, 7) is 6.54. The molecule has 1 saturated heterocycles. The fraction of sp³-hybridized carbons (Fsp3) is 0.600. The van der Waals surface area contributed by atoms with Crippen LogP contribution in [0.5, 0.6) is 5.75 Å². The van der Waals surface area contributed by atoms with Crippen molar-refractivity contribution in [2.24, 2.45) is 5.41 Å². The number of ether oxygens (including phenoxy) is 2. The fourth-order valence-electron chi connectivity index (χ4n) is 1.88. The van der Waals surface area contributed by atoms with E-state index in [4.69, 9.17) is 9.47 Å². The Balaban J connectivity index is 1.74. The highest BCUT2D eigenvalue weighted by Crippen LogP contribution is 2.27. The van der Waals surface area contributed by atoms with Crippen LogP contribution in [0.3, 0.4) is 0 Å². The monoisotopic (exact) mass is 264 g/mol. The van der Waals surface area contributed by atoms with Crippen molar-refractivity contribution in [1.29, 1.82) is 0 Å². The maximum atomic E-state index is 5.66. The molecule has 0 spiro atoms. The van der Waals surface area contributed by atoms with Crippen LogP contribution in [-0.2, 0) is 4.74 Å². The first kappa shape index (κ1) is 14.2. The van der Waals surface area contributed by atoms with E-state index in [1.165, 1.54) is 0 Å². The van der Waals surface area contributed by atoms with Gasteiger partial charge in [-0.3, -0.25) is 0 Å². The van der Waals surface area contributed by atoms with E-state index in [0.717, 1.165) is 44.3 Å². The van der Waals surface area contributed by atoms with Crippen molar-refractivity contribution in [3.63, 3.8) is 0 Å². The molecule has 19 heavy (non-hydrogen) atoms. The molecular formula is C15H24N2O2. The Hall–Kier alpha value is -1.26. The van der Waals surface area contributed by atoms with Crippen LogP contribution in [0.1, 0.15) is 6.92 Å². The highest BCUT2D eigenvalue weighted by Gasteiger charge is 2.32. The number of rotatable bonds is 7. The van der Waals surface area contributed by atoms with Gasteiger partial charge in [0.05, 0.1) is 13.2 Å². The summed E-state index contributed by atoms with van der Waals surface area (Å²) in [5.74, 6) is 0.922. The molecule has 0 aliphatic carbocycles. The summed E-state index contributed by atoms with van der Waals surface area (Å²) in [5, 5.41) is 3.44. The van der Waals surface area contributed by atoms with Crippen molar-refractivity contribution >= 4 is 5.69 Å². The molecule has 0 saturated carbocycles. The Morgan fingerprint density at radius 3 is 2.47 bits per heavy atom. The molecule has 0 bridgehead atoms. The Morgan fingerprint density at radius 1 is 1.26 bits per heavy atom. The van der Waals surface area contributed by atoms with E-state index in [-0.39, 0.29) is 0 Å². The summed E-state index contributed by atoms with van der Waals surface area (Å²) in [5.41, 5.74) is 1.43. The minimum atomic E-state index is 0.293. The van der Waals surface area contributed by atoms with Crippen molar-refractivity contribution in [3.05, 3.63) is 24.3 Å². The minimum absolute atomic E-state index is 0.293. The second kappa shape index (κ2) is 6.26. The summed E-state index contributed by atoms with van der Waals surface area (Å²) in [6.07, 6.45) is 0. The van der Waals surface area contributed by atoms with Crippen LogP contribution in [-0.4, -0.2) is 51.9 Å². The number of hydrogen-bond donors (Lipinski definition) is 1. The Morgan fingerprint density at radius 2 is 1.95 bits per heavy atom. The minimum Gasteiger partial charge on any atom is -0.492 e. The van der Waals surface area contributed by atoms with Gasteiger partial charge in [-0.05, 0) is 38.4 Å². The lowest BCUT2D eigenvalue weighted by molar-refractivity contribution is -0.0924.